The molecule has 1 atom stereocenters. The van der Waals surface area contributed by atoms with Crippen LogP contribution in [0.3, 0.4) is 0 Å². The first-order valence-corrected chi connectivity index (χ1v) is 8.17. The fraction of sp³-hybridized carbons (Fsp3) is 0.250. The maximum absolute atomic E-state index is 12.9. The van der Waals surface area contributed by atoms with E-state index in [9.17, 15) is 9.59 Å². The molecule has 0 aliphatic carbocycles. The standard InChI is InChI=1S/C16H17ClN6O4/c1-26-9-5-8(10(27-2)4-7(9)17)20-15(25)6-3-11(24)21-14-12(6)13(18)22-16(19)23-14/h4-6H,3H2,1-2H3,(H,20,25)(H5,18,19,21,22,23,24). The van der Waals surface area contributed by atoms with Gasteiger partial charge in [0.1, 0.15) is 23.1 Å². The van der Waals surface area contributed by atoms with Gasteiger partial charge in [0.05, 0.1) is 36.4 Å². The summed E-state index contributed by atoms with van der Waals surface area (Å²) in [5.41, 5.74) is 12.1. The number of nitrogen functional groups attached to an aromatic ring is 2. The second-order valence-corrected chi connectivity index (χ2v) is 6.12. The topological polar surface area (TPSA) is 154 Å². The molecular weight excluding hydrogens is 376 g/mol. The van der Waals surface area contributed by atoms with Gasteiger partial charge in [0.15, 0.2) is 0 Å². The number of hydrogen-bond donors (Lipinski definition) is 4. The molecule has 10 nitrogen and oxygen atoms in total. The highest BCUT2D eigenvalue weighted by Crippen LogP contribution is 2.39. The lowest BCUT2D eigenvalue weighted by molar-refractivity contribution is -0.123. The maximum Gasteiger partial charge on any atom is 0.232 e. The number of nitrogens with one attached hydrogen (secondary N) is 2. The van der Waals surface area contributed by atoms with Gasteiger partial charge in [0.25, 0.3) is 0 Å². The van der Waals surface area contributed by atoms with Crippen LogP contribution in [0.25, 0.3) is 0 Å². The first-order chi connectivity index (χ1) is 12.8. The van der Waals surface area contributed by atoms with Crippen LogP contribution in [0.2, 0.25) is 5.02 Å². The zero-order valence-electron chi connectivity index (χ0n) is 14.5. The highest BCUT2D eigenvalue weighted by atomic mass is 35.5. The van der Waals surface area contributed by atoms with Crippen LogP contribution in [0, 0.1) is 0 Å². The summed E-state index contributed by atoms with van der Waals surface area (Å²) >= 11 is 6.07. The van der Waals surface area contributed by atoms with Crippen LogP contribution < -0.4 is 31.6 Å². The number of halogens is 1. The smallest absolute Gasteiger partial charge is 0.232 e. The number of benzene rings is 1. The highest BCUT2D eigenvalue weighted by molar-refractivity contribution is 6.32. The average Bonchev–Trinajstić information content (AvgIpc) is 2.61. The minimum atomic E-state index is -0.902. The molecular formula is C16H17ClN6O4. The molecule has 1 aromatic carbocycles. The third-order valence-electron chi connectivity index (χ3n) is 4.04. The van der Waals surface area contributed by atoms with Gasteiger partial charge in [0.2, 0.25) is 17.8 Å². The lowest BCUT2D eigenvalue weighted by Gasteiger charge is -2.25. The molecule has 11 heteroatoms. The maximum atomic E-state index is 12.9. The van der Waals surface area contributed by atoms with Crippen molar-refractivity contribution >= 4 is 46.7 Å². The molecule has 3 rings (SSSR count). The van der Waals surface area contributed by atoms with E-state index in [4.69, 9.17) is 32.5 Å². The zero-order valence-corrected chi connectivity index (χ0v) is 15.3. The van der Waals surface area contributed by atoms with Gasteiger partial charge in [-0.3, -0.25) is 9.59 Å². The Morgan fingerprint density at radius 3 is 2.63 bits per heavy atom. The molecule has 1 unspecified atom stereocenters. The van der Waals surface area contributed by atoms with Gasteiger partial charge in [-0.15, -0.1) is 0 Å². The summed E-state index contributed by atoms with van der Waals surface area (Å²) in [5, 5.41) is 5.58. The van der Waals surface area contributed by atoms with E-state index in [-0.39, 0.29) is 29.9 Å². The van der Waals surface area contributed by atoms with Crippen LogP contribution in [-0.2, 0) is 9.59 Å². The van der Waals surface area contributed by atoms with Crippen LogP contribution in [-0.4, -0.2) is 36.0 Å². The van der Waals surface area contributed by atoms with E-state index < -0.39 is 11.8 Å². The molecule has 0 saturated heterocycles. The fourth-order valence-electron chi connectivity index (χ4n) is 2.82. The normalized spacial score (nSPS) is 15.5. The Labute approximate surface area is 159 Å². The van der Waals surface area contributed by atoms with Crippen molar-refractivity contribution in [2.24, 2.45) is 0 Å². The van der Waals surface area contributed by atoms with E-state index >= 15 is 0 Å². The van der Waals surface area contributed by atoms with Crippen molar-refractivity contribution in [3.05, 3.63) is 22.7 Å². The lowest BCUT2D eigenvalue weighted by Crippen LogP contribution is -2.32. The highest BCUT2D eigenvalue weighted by Gasteiger charge is 2.35. The van der Waals surface area contributed by atoms with Gasteiger partial charge in [-0.25, -0.2) is 0 Å². The molecule has 0 spiro atoms. The number of carbonyl (C=O) groups excluding carboxylic acids is 2. The number of rotatable bonds is 4. The van der Waals surface area contributed by atoms with Crippen LogP contribution in [0.5, 0.6) is 11.5 Å². The summed E-state index contributed by atoms with van der Waals surface area (Å²) in [6, 6.07) is 3.03. The van der Waals surface area contributed by atoms with E-state index in [1.807, 2.05) is 0 Å². The molecule has 0 saturated carbocycles. The summed E-state index contributed by atoms with van der Waals surface area (Å²) in [6.07, 6.45) is -0.122. The van der Waals surface area contributed by atoms with Crippen molar-refractivity contribution in [3.63, 3.8) is 0 Å². The van der Waals surface area contributed by atoms with Crippen molar-refractivity contribution in [1.29, 1.82) is 0 Å². The van der Waals surface area contributed by atoms with Crippen molar-refractivity contribution < 1.29 is 19.1 Å². The average molecular weight is 393 g/mol. The molecule has 1 aliphatic heterocycles. The molecule has 2 amide bonds. The molecule has 0 fully saturated rings. The number of aromatic nitrogens is 2. The Balaban J connectivity index is 1.98. The number of amides is 2. The Kier molecular flexibility index (Phi) is 4.91. The number of nitrogens with zero attached hydrogens (tertiary/aromatic N) is 2. The second-order valence-electron chi connectivity index (χ2n) is 5.71. The molecule has 0 radical (unpaired) electrons. The first-order valence-electron chi connectivity index (χ1n) is 7.79. The zero-order chi connectivity index (χ0) is 19.7. The fourth-order valence-corrected chi connectivity index (χ4v) is 3.05. The molecule has 2 aromatic rings. The third-order valence-corrected chi connectivity index (χ3v) is 4.33. The van der Waals surface area contributed by atoms with Gasteiger partial charge < -0.3 is 31.6 Å². The van der Waals surface area contributed by atoms with Crippen LogP contribution in [0.1, 0.15) is 17.9 Å². The van der Waals surface area contributed by atoms with Gasteiger partial charge in [-0.2, -0.15) is 9.97 Å². The Morgan fingerprint density at radius 1 is 1.26 bits per heavy atom. The van der Waals surface area contributed by atoms with E-state index in [2.05, 4.69) is 20.6 Å². The number of fused-ring (bicyclic) bond motifs is 1. The van der Waals surface area contributed by atoms with E-state index in [1.165, 1.54) is 26.4 Å². The predicted molar refractivity (Wildman–Crippen MR) is 100 cm³/mol. The Morgan fingerprint density at radius 2 is 1.96 bits per heavy atom. The lowest BCUT2D eigenvalue weighted by atomic mass is 9.92. The molecule has 1 aromatic heterocycles. The van der Waals surface area contributed by atoms with Gasteiger partial charge in [-0.05, 0) is 0 Å². The number of carbonyl (C=O) groups is 2. The summed E-state index contributed by atoms with van der Waals surface area (Å²) in [4.78, 5) is 32.7. The molecule has 27 heavy (non-hydrogen) atoms. The van der Waals surface area contributed by atoms with Gasteiger partial charge in [0, 0.05) is 18.6 Å². The van der Waals surface area contributed by atoms with Crippen molar-refractivity contribution in [1.82, 2.24) is 9.97 Å². The predicted octanol–water partition coefficient (Wildman–Crippen LogP) is 1.38. The summed E-state index contributed by atoms with van der Waals surface area (Å²) in [7, 11) is 2.88. The van der Waals surface area contributed by atoms with Crippen molar-refractivity contribution in [3.8, 4) is 11.5 Å². The minimum absolute atomic E-state index is 0.0262. The molecule has 142 valence electrons. The largest absolute Gasteiger partial charge is 0.495 e. The quantitative estimate of drug-likeness (QED) is 0.608. The number of methoxy groups -OCH3 is 2. The monoisotopic (exact) mass is 392 g/mol. The number of ether oxygens (including phenoxy) is 2. The Hall–Kier alpha value is -3.27. The molecule has 1 aliphatic rings. The van der Waals surface area contributed by atoms with Crippen LogP contribution in [0.4, 0.5) is 23.3 Å². The molecule has 6 N–H and O–H groups in total. The van der Waals surface area contributed by atoms with Crippen molar-refractivity contribution in [2.75, 3.05) is 36.3 Å². The second kappa shape index (κ2) is 7.16. The number of anilines is 4. The van der Waals surface area contributed by atoms with Crippen molar-refractivity contribution in [2.45, 2.75) is 12.3 Å². The minimum Gasteiger partial charge on any atom is -0.495 e. The SMILES string of the molecule is COc1cc(NC(=O)C2CC(=O)Nc3nc(N)nc(N)c32)c(OC)cc1Cl. The summed E-state index contributed by atoms with van der Waals surface area (Å²) in [5.74, 6) is -1.05. The van der Waals surface area contributed by atoms with Gasteiger partial charge >= 0.3 is 0 Å². The van der Waals surface area contributed by atoms with E-state index in [0.717, 1.165) is 0 Å². The summed E-state index contributed by atoms with van der Waals surface area (Å²) < 4.78 is 10.4. The molecule has 2 heterocycles. The molecule has 0 bridgehead atoms. The van der Waals surface area contributed by atoms with E-state index in [0.29, 0.717) is 27.8 Å². The van der Waals surface area contributed by atoms with E-state index in [1.54, 1.807) is 0 Å². The van der Waals surface area contributed by atoms with Crippen LogP contribution >= 0.6 is 11.6 Å². The third kappa shape index (κ3) is 3.51. The number of hydrogen-bond acceptors (Lipinski definition) is 8. The summed E-state index contributed by atoms with van der Waals surface area (Å²) in [6.45, 7) is 0. The van der Waals surface area contributed by atoms with Gasteiger partial charge in [-0.1, -0.05) is 11.6 Å². The number of nitrogens with two attached hydrogens (primary N) is 2. The Bertz CT molecular complexity index is 936. The van der Waals surface area contributed by atoms with Crippen LogP contribution in [0.15, 0.2) is 12.1 Å². The first kappa shape index (κ1) is 18.5.